The molecule has 0 unspecified atom stereocenters. The second-order valence-electron chi connectivity index (χ2n) is 12.5. The Bertz CT molecular complexity index is 655. The zero-order valence-corrected chi connectivity index (χ0v) is 23.5. The molecule has 0 bridgehead atoms. The third-order valence-corrected chi connectivity index (χ3v) is 5.97. The SMILES string of the molecule is CC(C)(C)COC(=O)CCCCCCC(CCCCCCC(=O)OCC(C)(C)C)c1ccccc1. The number of hydrogen-bond acceptors (Lipinski definition) is 4. The Morgan fingerprint density at radius 2 is 1.03 bits per heavy atom. The molecular formula is C31H52O4. The molecule has 35 heavy (non-hydrogen) atoms. The zero-order chi connectivity index (χ0) is 26.2. The number of benzene rings is 1. The van der Waals surface area contributed by atoms with Gasteiger partial charge in [0.25, 0.3) is 0 Å². The quantitative estimate of drug-likeness (QED) is 0.163. The van der Waals surface area contributed by atoms with Gasteiger partial charge in [-0.3, -0.25) is 9.59 Å². The Hall–Kier alpha value is -1.84. The maximum atomic E-state index is 11.9. The minimum atomic E-state index is -0.0652. The second kappa shape index (κ2) is 16.8. The molecule has 1 aromatic carbocycles. The van der Waals surface area contributed by atoms with Crippen molar-refractivity contribution < 1.29 is 19.1 Å². The van der Waals surface area contributed by atoms with Gasteiger partial charge in [0.2, 0.25) is 0 Å². The van der Waals surface area contributed by atoms with Crippen LogP contribution in [-0.2, 0) is 19.1 Å². The molecule has 0 saturated carbocycles. The first kappa shape index (κ1) is 31.2. The van der Waals surface area contributed by atoms with E-state index < -0.39 is 0 Å². The molecule has 0 heterocycles. The summed E-state index contributed by atoms with van der Waals surface area (Å²) in [6, 6.07) is 10.9. The van der Waals surface area contributed by atoms with Crippen LogP contribution in [0.3, 0.4) is 0 Å². The largest absolute Gasteiger partial charge is 0.465 e. The lowest BCUT2D eigenvalue weighted by molar-refractivity contribution is -0.147. The highest BCUT2D eigenvalue weighted by Gasteiger charge is 2.15. The summed E-state index contributed by atoms with van der Waals surface area (Å²) in [5.74, 6) is 0.457. The topological polar surface area (TPSA) is 52.6 Å². The first-order chi connectivity index (χ1) is 16.5. The van der Waals surface area contributed by atoms with E-state index in [1.165, 1.54) is 31.2 Å². The van der Waals surface area contributed by atoms with Crippen LogP contribution in [0.25, 0.3) is 0 Å². The number of rotatable bonds is 17. The van der Waals surface area contributed by atoms with Gasteiger partial charge in [-0.1, -0.05) is 110 Å². The summed E-state index contributed by atoms with van der Waals surface area (Å²) >= 11 is 0. The number of unbranched alkanes of at least 4 members (excludes halogenated alkanes) is 6. The van der Waals surface area contributed by atoms with E-state index >= 15 is 0 Å². The standard InChI is InChI=1S/C31H52O4/c1-30(2,3)24-34-28(32)22-16-9-7-12-18-26(27-20-14-11-15-21-27)19-13-8-10-17-23-29(33)35-25-31(4,5)6/h11,14-15,20-21,26H,7-10,12-13,16-19,22-25H2,1-6H3. The average molecular weight is 489 g/mol. The van der Waals surface area contributed by atoms with Crippen LogP contribution >= 0.6 is 0 Å². The fourth-order valence-corrected chi connectivity index (χ4v) is 3.97. The molecule has 200 valence electrons. The van der Waals surface area contributed by atoms with Gasteiger partial charge < -0.3 is 9.47 Å². The molecule has 0 aromatic heterocycles. The van der Waals surface area contributed by atoms with Crippen molar-refractivity contribution in [3.63, 3.8) is 0 Å². The molecule has 0 spiro atoms. The van der Waals surface area contributed by atoms with Crippen molar-refractivity contribution >= 4 is 11.9 Å². The first-order valence-corrected chi connectivity index (χ1v) is 13.8. The normalized spacial score (nSPS) is 12.1. The fraction of sp³-hybridized carbons (Fsp3) is 0.742. The highest BCUT2D eigenvalue weighted by molar-refractivity contribution is 5.69. The molecule has 0 amide bonds. The van der Waals surface area contributed by atoms with Crippen LogP contribution in [0.4, 0.5) is 0 Å². The smallest absolute Gasteiger partial charge is 0.305 e. The highest BCUT2D eigenvalue weighted by atomic mass is 16.5. The average Bonchev–Trinajstić information content (AvgIpc) is 2.79. The molecule has 0 atom stereocenters. The Morgan fingerprint density at radius 1 is 0.629 bits per heavy atom. The van der Waals surface area contributed by atoms with Crippen LogP contribution in [0.5, 0.6) is 0 Å². The lowest BCUT2D eigenvalue weighted by atomic mass is 9.88. The lowest BCUT2D eigenvalue weighted by Gasteiger charge is -2.18. The molecule has 0 fully saturated rings. The predicted octanol–water partition coefficient (Wildman–Crippen LogP) is 8.63. The molecule has 0 N–H and O–H groups in total. The third kappa shape index (κ3) is 18.1. The van der Waals surface area contributed by atoms with E-state index in [0.717, 1.165) is 38.5 Å². The molecule has 0 aliphatic carbocycles. The van der Waals surface area contributed by atoms with Gasteiger partial charge in [-0.2, -0.15) is 0 Å². The number of carbonyl (C=O) groups is 2. The maximum absolute atomic E-state index is 11.9. The van der Waals surface area contributed by atoms with Gasteiger partial charge in [0.15, 0.2) is 0 Å². The molecule has 0 aliphatic heterocycles. The van der Waals surface area contributed by atoms with Gasteiger partial charge in [-0.05, 0) is 48.0 Å². The van der Waals surface area contributed by atoms with Gasteiger partial charge in [0.1, 0.15) is 0 Å². The Morgan fingerprint density at radius 3 is 1.43 bits per heavy atom. The summed E-state index contributed by atoms with van der Waals surface area (Å²) in [7, 11) is 0. The minimum Gasteiger partial charge on any atom is -0.465 e. The van der Waals surface area contributed by atoms with Crippen molar-refractivity contribution in [3.8, 4) is 0 Å². The van der Waals surface area contributed by atoms with Crippen LogP contribution in [0.1, 0.15) is 130 Å². The Kier molecular flexibility index (Phi) is 14.9. The van der Waals surface area contributed by atoms with Crippen LogP contribution < -0.4 is 0 Å². The van der Waals surface area contributed by atoms with Crippen molar-refractivity contribution in [3.05, 3.63) is 35.9 Å². The van der Waals surface area contributed by atoms with Crippen LogP contribution in [-0.4, -0.2) is 25.2 Å². The molecular weight excluding hydrogens is 436 g/mol. The van der Waals surface area contributed by atoms with Gasteiger partial charge in [-0.15, -0.1) is 0 Å². The molecule has 0 aliphatic rings. The highest BCUT2D eigenvalue weighted by Crippen LogP contribution is 2.28. The number of ether oxygens (including phenoxy) is 2. The monoisotopic (exact) mass is 488 g/mol. The van der Waals surface area contributed by atoms with Crippen LogP contribution in [0.15, 0.2) is 30.3 Å². The molecule has 4 nitrogen and oxygen atoms in total. The van der Waals surface area contributed by atoms with Gasteiger partial charge in [-0.25, -0.2) is 0 Å². The van der Waals surface area contributed by atoms with Gasteiger partial charge in [0, 0.05) is 12.8 Å². The van der Waals surface area contributed by atoms with Crippen LogP contribution in [0.2, 0.25) is 0 Å². The maximum Gasteiger partial charge on any atom is 0.305 e. The number of hydrogen-bond donors (Lipinski definition) is 0. The number of carbonyl (C=O) groups excluding carboxylic acids is 2. The van der Waals surface area contributed by atoms with Crippen molar-refractivity contribution in [1.29, 1.82) is 0 Å². The zero-order valence-electron chi connectivity index (χ0n) is 23.5. The van der Waals surface area contributed by atoms with Crippen molar-refractivity contribution in [2.75, 3.05) is 13.2 Å². The predicted molar refractivity (Wildman–Crippen MR) is 145 cm³/mol. The van der Waals surface area contributed by atoms with E-state index in [4.69, 9.17) is 9.47 Å². The van der Waals surface area contributed by atoms with E-state index in [1.807, 2.05) is 0 Å². The van der Waals surface area contributed by atoms with Gasteiger partial charge in [0.05, 0.1) is 13.2 Å². The van der Waals surface area contributed by atoms with Crippen molar-refractivity contribution in [1.82, 2.24) is 0 Å². The summed E-state index contributed by atoms with van der Waals surface area (Å²) in [6.07, 6.45) is 12.1. The van der Waals surface area contributed by atoms with Crippen molar-refractivity contribution in [2.24, 2.45) is 10.8 Å². The van der Waals surface area contributed by atoms with Crippen molar-refractivity contribution in [2.45, 2.75) is 125 Å². The number of esters is 2. The molecule has 1 rings (SSSR count). The third-order valence-electron chi connectivity index (χ3n) is 5.97. The molecule has 0 radical (unpaired) electrons. The van der Waals surface area contributed by atoms with Crippen LogP contribution in [0, 0.1) is 10.8 Å². The molecule has 0 saturated heterocycles. The summed E-state index contributed by atoms with van der Waals surface area (Å²) in [4.78, 5) is 23.7. The van der Waals surface area contributed by atoms with Gasteiger partial charge >= 0.3 is 11.9 Å². The van der Waals surface area contributed by atoms with E-state index in [0.29, 0.717) is 32.0 Å². The summed E-state index contributed by atoms with van der Waals surface area (Å²) in [6.45, 7) is 13.5. The minimum absolute atomic E-state index is 0.0278. The second-order valence-corrected chi connectivity index (χ2v) is 12.5. The van der Waals surface area contributed by atoms with E-state index in [9.17, 15) is 9.59 Å². The summed E-state index contributed by atoms with van der Waals surface area (Å²) in [5, 5.41) is 0. The summed E-state index contributed by atoms with van der Waals surface area (Å²) < 4.78 is 10.7. The van der Waals surface area contributed by atoms with E-state index in [-0.39, 0.29) is 22.8 Å². The molecule has 1 aromatic rings. The Labute approximate surface area is 215 Å². The molecule has 4 heteroatoms. The first-order valence-electron chi connectivity index (χ1n) is 13.8. The fourth-order valence-electron chi connectivity index (χ4n) is 3.97. The van der Waals surface area contributed by atoms with E-state index in [2.05, 4.69) is 71.9 Å². The Balaban J connectivity index is 2.23. The van der Waals surface area contributed by atoms with E-state index in [1.54, 1.807) is 0 Å². The lowest BCUT2D eigenvalue weighted by Crippen LogP contribution is -2.18. The summed E-state index contributed by atoms with van der Waals surface area (Å²) in [5.41, 5.74) is 1.49.